The number of benzene rings is 1. The van der Waals surface area contributed by atoms with Crippen LogP contribution in [0.5, 0.6) is 0 Å². The van der Waals surface area contributed by atoms with Crippen molar-refractivity contribution in [1.82, 2.24) is 25.3 Å². The molecule has 2 heterocycles. The number of nitrogens with zero attached hydrogens (tertiary/aromatic N) is 3. The van der Waals surface area contributed by atoms with Gasteiger partial charge in [0.15, 0.2) is 0 Å². The molecule has 0 radical (unpaired) electrons. The molecule has 1 aromatic carbocycles. The summed E-state index contributed by atoms with van der Waals surface area (Å²) in [5.41, 5.74) is 1.88. The highest BCUT2D eigenvalue weighted by Crippen LogP contribution is 2.29. The van der Waals surface area contributed by atoms with E-state index in [1.165, 1.54) is 0 Å². The van der Waals surface area contributed by atoms with Gasteiger partial charge in [-0.25, -0.2) is 9.48 Å². The van der Waals surface area contributed by atoms with Crippen LogP contribution in [0, 0.1) is 0 Å². The van der Waals surface area contributed by atoms with Gasteiger partial charge in [0.25, 0.3) is 0 Å². The first-order chi connectivity index (χ1) is 13.1. The zero-order valence-corrected chi connectivity index (χ0v) is 14.8. The lowest BCUT2D eigenvalue weighted by molar-refractivity contribution is -0.134. The second-order valence-electron chi connectivity index (χ2n) is 6.94. The molecule has 8 nitrogen and oxygen atoms in total. The van der Waals surface area contributed by atoms with Gasteiger partial charge in [-0.1, -0.05) is 18.2 Å². The molecule has 1 atom stereocenters. The van der Waals surface area contributed by atoms with Crippen molar-refractivity contribution in [2.75, 3.05) is 0 Å². The molecule has 1 aliphatic carbocycles. The summed E-state index contributed by atoms with van der Waals surface area (Å²) in [4.78, 5) is 38.0. The van der Waals surface area contributed by atoms with Gasteiger partial charge in [0, 0.05) is 30.8 Å². The van der Waals surface area contributed by atoms with E-state index in [4.69, 9.17) is 0 Å². The summed E-state index contributed by atoms with van der Waals surface area (Å²) in [5.74, 6) is -0.500. The second kappa shape index (κ2) is 7.22. The van der Waals surface area contributed by atoms with E-state index in [-0.39, 0.29) is 24.3 Å². The normalized spacial score (nSPS) is 19.8. The third-order valence-electron chi connectivity index (χ3n) is 4.80. The average molecular weight is 367 g/mol. The molecule has 1 aromatic heterocycles. The number of amides is 4. The lowest BCUT2D eigenvalue weighted by Gasteiger charge is -2.26. The smallest absolute Gasteiger partial charge is 0.322 e. The highest BCUT2D eigenvalue weighted by atomic mass is 16.2. The molecule has 2 aromatic rings. The molecule has 140 valence electrons. The predicted molar refractivity (Wildman–Crippen MR) is 96.8 cm³/mol. The second-order valence-corrected chi connectivity index (χ2v) is 6.94. The quantitative estimate of drug-likeness (QED) is 0.834. The van der Waals surface area contributed by atoms with E-state index in [0.29, 0.717) is 13.0 Å². The molecule has 8 heteroatoms. The van der Waals surface area contributed by atoms with E-state index in [9.17, 15) is 14.4 Å². The van der Waals surface area contributed by atoms with Gasteiger partial charge in [0.2, 0.25) is 11.8 Å². The number of hydrogen-bond acceptors (Lipinski definition) is 4. The zero-order chi connectivity index (χ0) is 18.8. The Bertz CT molecular complexity index is 859. The summed E-state index contributed by atoms with van der Waals surface area (Å²) in [7, 11) is 0. The van der Waals surface area contributed by atoms with Crippen molar-refractivity contribution in [3.05, 3.63) is 48.3 Å². The van der Waals surface area contributed by atoms with E-state index in [1.807, 2.05) is 36.5 Å². The van der Waals surface area contributed by atoms with Crippen LogP contribution < -0.4 is 10.6 Å². The Morgan fingerprint density at radius 3 is 2.70 bits per heavy atom. The van der Waals surface area contributed by atoms with Crippen molar-refractivity contribution in [2.45, 2.75) is 44.3 Å². The summed E-state index contributed by atoms with van der Waals surface area (Å²) in [6.45, 7) is 0.435. The lowest BCUT2D eigenvalue weighted by atomic mass is 10.1. The summed E-state index contributed by atoms with van der Waals surface area (Å²) >= 11 is 0. The molecule has 0 spiro atoms. The fraction of sp³-hybridized carbons (Fsp3) is 0.368. The Morgan fingerprint density at radius 1 is 1.19 bits per heavy atom. The van der Waals surface area contributed by atoms with Crippen LogP contribution in [-0.2, 0) is 16.1 Å². The number of nitrogens with one attached hydrogen (secondary N) is 2. The third kappa shape index (κ3) is 3.99. The number of para-hydroxylation sites is 1. The van der Waals surface area contributed by atoms with Gasteiger partial charge in [0.05, 0.1) is 11.9 Å². The minimum atomic E-state index is -0.679. The van der Waals surface area contributed by atoms with Gasteiger partial charge >= 0.3 is 6.03 Å². The highest BCUT2D eigenvalue weighted by Gasteiger charge is 2.37. The van der Waals surface area contributed by atoms with Crippen LogP contribution >= 0.6 is 0 Å². The summed E-state index contributed by atoms with van der Waals surface area (Å²) in [5, 5.41) is 9.20. The van der Waals surface area contributed by atoms with Crippen LogP contribution in [0.1, 0.15) is 31.2 Å². The fourth-order valence-corrected chi connectivity index (χ4v) is 3.25. The molecule has 2 N–H and O–H groups in total. The van der Waals surface area contributed by atoms with E-state index < -0.39 is 12.1 Å². The van der Waals surface area contributed by atoms with Gasteiger partial charge in [0.1, 0.15) is 6.04 Å². The van der Waals surface area contributed by atoms with Crippen molar-refractivity contribution in [1.29, 1.82) is 0 Å². The minimum absolute atomic E-state index is 0.144. The van der Waals surface area contributed by atoms with Gasteiger partial charge in [-0.2, -0.15) is 5.10 Å². The molecule has 2 fully saturated rings. The van der Waals surface area contributed by atoms with E-state index >= 15 is 0 Å². The van der Waals surface area contributed by atoms with Crippen LogP contribution in [0.15, 0.2) is 42.7 Å². The van der Waals surface area contributed by atoms with Gasteiger partial charge in [-0.05, 0) is 31.4 Å². The number of carbonyl (C=O) groups is 3. The van der Waals surface area contributed by atoms with Crippen LogP contribution in [-0.4, -0.2) is 44.6 Å². The zero-order valence-electron chi connectivity index (χ0n) is 14.8. The van der Waals surface area contributed by atoms with Crippen molar-refractivity contribution in [3.8, 4) is 5.69 Å². The first-order valence-corrected chi connectivity index (χ1v) is 9.10. The average Bonchev–Trinajstić information content (AvgIpc) is 3.43. The van der Waals surface area contributed by atoms with Crippen molar-refractivity contribution >= 4 is 17.8 Å². The number of imide groups is 1. The standard InChI is InChI=1S/C19H21N5O3/c25-17-9-8-16(21-19(27)22-17)18(26)23(14-6-7-14)11-13-10-20-24(12-13)15-4-2-1-3-5-15/h1-5,10,12,14,16H,6-9,11H2,(H2,21,22,25,27). The molecule has 1 saturated carbocycles. The van der Waals surface area contributed by atoms with Crippen molar-refractivity contribution < 1.29 is 14.4 Å². The summed E-state index contributed by atoms with van der Waals surface area (Å²) < 4.78 is 1.78. The largest absolute Gasteiger partial charge is 0.333 e. The summed E-state index contributed by atoms with van der Waals surface area (Å²) in [6.07, 6.45) is 6.04. The van der Waals surface area contributed by atoms with E-state index in [1.54, 1.807) is 15.8 Å². The SMILES string of the molecule is O=C1CCC(C(=O)N(Cc2cnn(-c3ccccc3)c2)C2CC2)NC(=O)N1. The molecule has 0 bridgehead atoms. The Labute approximate surface area is 156 Å². The van der Waals surface area contributed by atoms with Gasteiger partial charge < -0.3 is 10.2 Å². The molecule has 2 aliphatic rings. The van der Waals surface area contributed by atoms with Crippen LogP contribution in [0.25, 0.3) is 5.69 Å². The molecular weight excluding hydrogens is 346 g/mol. The molecular formula is C19H21N5O3. The first kappa shape index (κ1) is 17.3. The number of hydrogen-bond donors (Lipinski definition) is 2. The maximum atomic E-state index is 13.0. The van der Waals surface area contributed by atoms with Crippen LogP contribution in [0.2, 0.25) is 0 Å². The third-order valence-corrected chi connectivity index (χ3v) is 4.80. The monoisotopic (exact) mass is 367 g/mol. The lowest BCUT2D eigenvalue weighted by Crippen LogP contribution is -2.50. The number of rotatable bonds is 5. The predicted octanol–water partition coefficient (Wildman–Crippen LogP) is 1.35. The van der Waals surface area contributed by atoms with Gasteiger partial charge in [-0.3, -0.25) is 14.9 Å². The van der Waals surface area contributed by atoms with Crippen molar-refractivity contribution in [3.63, 3.8) is 0 Å². The maximum absolute atomic E-state index is 13.0. The Balaban J connectivity index is 1.48. The molecule has 4 amide bonds. The maximum Gasteiger partial charge on any atom is 0.322 e. The molecule has 1 aliphatic heterocycles. The first-order valence-electron chi connectivity index (χ1n) is 9.10. The Kier molecular flexibility index (Phi) is 4.62. The molecule has 4 rings (SSSR count). The number of carbonyl (C=O) groups excluding carboxylic acids is 3. The topological polar surface area (TPSA) is 96.3 Å². The fourth-order valence-electron chi connectivity index (χ4n) is 3.25. The highest BCUT2D eigenvalue weighted by molar-refractivity contribution is 5.98. The van der Waals surface area contributed by atoms with Crippen LogP contribution in [0.4, 0.5) is 4.79 Å². The van der Waals surface area contributed by atoms with E-state index in [0.717, 1.165) is 24.1 Å². The molecule has 27 heavy (non-hydrogen) atoms. The van der Waals surface area contributed by atoms with Gasteiger partial charge in [-0.15, -0.1) is 0 Å². The molecule has 1 saturated heterocycles. The van der Waals surface area contributed by atoms with Crippen molar-refractivity contribution in [2.24, 2.45) is 0 Å². The minimum Gasteiger partial charge on any atom is -0.333 e. The number of urea groups is 1. The van der Waals surface area contributed by atoms with Crippen LogP contribution in [0.3, 0.4) is 0 Å². The van der Waals surface area contributed by atoms with E-state index in [2.05, 4.69) is 15.7 Å². The number of aromatic nitrogens is 2. The Hall–Kier alpha value is -3.16. The molecule has 1 unspecified atom stereocenters. The Morgan fingerprint density at radius 2 is 1.96 bits per heavy atom. The summed E-state index contributed by atoms with van der Waals surface area (Å²) in [6, 6.07) is 8.66.